The number of piperidine rings is 1. The lowest BCUT2D eigenvalue weighted by Crippen LogP contribution is -2.38. The number of amides is 1. The van der Waals surface area contributed by atoms with Crippen molar-refractivity contribution in [3.8, 4) is 0 Å². The first kappa shape index (κ1) is 7.58. The molecular weight excluding hydrogens is 126 g/mol. The van der Waals surface area contributed by atoms with Crippen LogP contribution in [0, 0.1) is 0 Å². The maximum Gasteiger partial charge on any atom is 0.220 e. The average molecular weight is 141 g/mol. The molecule has 1 atom stereocenters. The van der Waals surface area contributed by atoms with Gasteiger partial charge in [-0.15, -0.1) is 0 Å². The molecule has 1 aliphatic heterocycles. The Morgan fingerprint density at radius 1 is 1.70 bits per heavy atom. The largest absolute Gasteiger partial charge is 0.353 e. The third kappa shape index (κ3) is 2.01. The molecule has 0 spiro atoms. The minimum absolute atomic E-state index is 0.240. The molecule has 0 aromatic carbocycles. The molecule has 0 aromatic heterocycles. The van der Waals surface area contributed by atoms with E-state index in [9.17, 15) is 4.79 Å². The normalized spacial score (nSPS) is 26.1. The lowest BCUT2D eigenvalue weighted by atomic mass is 10.0. The van der Waals surface area contributed by atoms with Crippen LogP contribution in [0.15, 0.2) is 0 Å². The first-order valence-corrected chi connectivity index (χ1v) is 4.12. The van der Waals surface area contributed by atoms with Gasteiger partial charge in [-0.05, 0) is 19.3 Å². The molecule has 0 aromatic rings. The summed E-state index contributed by atoms with van der Waals surface area (Å²) in [4.78, 5) is 10.8. The van der Waals surface area contributed by atoms with Gasteiger partial charge in [0.15, 0.2) is 0 Å². The summed E-state index contributed by atoms with van der Waals surface area (Å²) in [5.41, 5.74) is 0. The molecule has 1 aliphatic rings. The monoisotopic (exact) mass is 141 g/mol. The number of carbonyl (C=O) groups is 1. The van der Waals surface area contributed by atoms with Crippen LogP contribution < -0.4 is 5.32 Å². The highest BCUT2D eigenvalue weighted by Gasteiger charge is 2.16. The zero-order valence-corrected chi connectivity index (χ0v) is 6.52. The van der Waals surface area contributed by atoms with Crippen LogP contribution in [0.4, 0.5) is 0 Å². The number of carbonyl (C=O) groups excluding carboxylic acids is 1. The molecule has 1 heterocycles. The summed E-state index contributed by atoms with van der Waals surface area (Å²) in [6.45, 7) is 2.15. The quantitative estimate of drug-likeness (QED) is 0.619. The molecule has 0 unspecified atom stereocenters. The summed E-state index contributed by atoms with van der Waals surface area (Å²) in [5, 5.41) is 2.98. The topological polar surface area (TPSA) is 29.1 Å². The Kier molecular flexibility index (Phi) is 2.72. The first-order chi connectivity index (χ1) is 4.83. The van der Waals surface area contributed by atoms with Crippen LogP contribution in [0.2, 0.25) is 0 Å². The van der Waals surface area contributed by atoms with Gasteiger partial charge in [-0.3, -0.25) is 4.79 Å². The van der Waals surface area contributed by atoms with Crippen LogP contribution >= 0.6 is 0 Å². The molecule has 1 amide bonds. The lowest BCUT2D eigenvalue weighted by Gasteiger charge is -2.22. The number of rotatable bonds is 2. The molecule has 58 valence electrons. The van der Waals surface area contributed by atoms with E-state index in [-0.39, 0.29) is 5.91 Å². The fraction of sp³-hybridized carbons (Fsp3) is 0.875. The Hall–Kier alpha value is -0.530. The standard InChI is InChI=1S/C8H15NO/c1-2-4-7-5-3-6-8(10)9-7/h7H,2-6H2,1H3,(H,9,10)/t7-/m0/s1. The molecule has 1 rings (SSSR count). The molecule has 1 fully saturated rings. The predicted octanol–water partition coefficient (Wildman–Crippen LogP) is 1.46. The van der Waals surface area contributed by atoms with Gasteiger partial charge in [0.05, 0.1) is 0 Å². The van der Waals surface area contributed by atoms with E-state index in [4.69, 9.17) is 0 Å². The van der Waals surface area contributed by atoms with Crippen LogP contribution in [0.3, 0.4) is 0 Å². The van der Waals surface area contributed by atoms with Gasteiger partial charge in [-0.25, -0.2) is 0 Å². The second-order valence-electron chi connectivity index (χ2n) is 2.95. The molecule has 0 saturated carbocycles. The first-order valence-electron chi connectivity index (χ1n) is 4.12. The minimum atomic E-state index is 0.240. The molecule has 2 nitrogen and oxygen atoms in total. The van der Waals surface area contributed by atoms with E-state index >= 15 is 0 Å². The molecule has 0 radical (unpaired) electrons. The van der Waals surface area contributed by atoms with E-state index in [0.29, 0.717) is 6.04 Å². The third-order valence-corrected chi connectivity index (χ3v) is 1.96. The minimum Gasteiger partial charge on any atom is -0.353 e. The summed E-state index contributed by atoms with van der Waals surface area (Å²) < 4.78 is 0. The highest BCUT2D eigenvalue weighted by atomic mass is 16.1. The van der Waals surface area contributed by atoms with Gasteiger partial charge in [0.2, 0.25) is 5.91 Å². The Labute approximate surface area is 62.0 Å². The molecule has 1 saturated heterocycles. The van der Waals surface area contributed by atoms with E-state index in [1.165, 1.54) is 12.8 Å². The van der Waals surface area contributed by atoms with Gasteiger partial charge in [0, 0.05) is 12.5 Å². The summed E-state index contributed by atoms with van der Waals surface area (Å²) in [6.07, 6.45) is 5.31. The molecule has 2 heteroatoms. The Morgan fingerprint density at radius 3 is 3.10 bits per heavy atom. The van der Waals surface area contributed by atoms with Crippen LogP contribution in [-0.2, 0) is 4.79 Å². The van der Waals surface area contributed by atoms with Gasteiger partial charge in [0.25, 0.3) is 0 Å². The number of hydrogen-bond donors (Lipinski definition) is 1. The zero-order chi connectivity index (χ0) is 7.40. The maximum atomic E-state index is 10.8. The Morgan fingerprint density at radius 2 is 2.50 bits per heavy atom. The van der Waals surface area contributed by atoms with Crippen molar-refractivity contribution < 1.29 is 4.79 Å². The van der Waals surface area contributed by atoms with Crippen molar-refractivity contribution in [2.75, 3.05) is 0 Å². The van der Waals surface area contributed by atoms with Crippen LogP contribution in [0.25, 0.3) is 0 Å². The van der Waals surface area contributed by atoms with E-state index in [1.807, 2.05) is 0 Å². The summed E-state index contributed by atoms with van der Waals surface area (Å²) in [5.74, 6) is 0.240. The average Bonchev–Trinajstić information content (AvgIpc) is 1.88. The summed E-state index contributed by atoms with van der Waals surface area (Å²) in [7, 11) is 0. The van der Waals surface area contributed by atoms with Crippen molar-refractivity contribution in [3.63, 3.8) is 0 Å². The van der Waals surface area contributed by atoms with E-state index in [1.54, 1.807) is 0 Å². The van der Waals surface area contributed by atoms with Crippen molar-refractivity contribution in [1.29, 1.82) is 0 Å². The molecule has 0 bridgehead atoms. The highest BCUT2D eigenvalue weighted by Crippen LogP contribution is 2.11. The van der Waals surface area contributed by atoms with Crippen LogP contribution in [0.5, 0.6) is 0 Å². The van der Waals surface area contributed by atoms with Crippen molar-refractivity contribution in [2.24, 2.45) is 0 Å². The van der Waals surface area contributed by atoms with Crippen molar-refractivity contribution in [1.82, 2.24) is 5.32 Å². The Bertz CT molecular complexity index is 120. The van der Waals surface area contributed by atoms with Crippen molar-refractivity contribution >= 4 is 5.91 Å². The van der Waals surface area contributed by atoms with Gasteiger partial charge in [-0.1, -0.05) is 13.3 Å². The lowest BCUT2D eigenvalue weighted by molar-refractivity contribution is -0.123. The smallest absolute Gasteiger partial charge is 0.220 e. The molecule has 0 aliphatic carbocycles. The van der Waals surface area contributed by atoms with E-state index in [2.05, 4.69) is 12.2 Å². The number of hydrogen-bond acceptors (Lipinski definition) is 1. The summed E-state index contributed by atoms with van der Waals surface area (Å²) in [6, 6.07) is 0.478. The van der Waals surface area contributed by atoms with Crippen molar-refractivity contribution in [3.05, 3.63) is 0 Å². The molecule has 1 N–H and O–H groups in total. The predicted molar refractivity (Wildman–Crippen MR) is 40.7 cm³/mol. The van der Waals surface area contributed by atoms with E-state index in [0.717, 1.165) is 19.3 Å². The summed E-state index contributed by atoms with van der Waals surface area (Å²) >= 11 is 0. The van der Waals surface area contributed by atoms with Crippen LogP contribution in [0.1, 0.15) is 39.0 Å². The molecule has 10 heavy (non-hydrogen) atoms. The second kappa shape index (κ2) is 3.59. The third-order valence-electron chi connectivity index (χ3n) is 1.96. The SMILES string of the molecule is CCC[C@H]1CCCC(=O)N1. The Balaban J connectivity index is 2.25. The van der Waals surface area contributed by atoms with Gasteiger partial charge >= 0.3 is 0 Å². The van der Waals surface area contributed by atoms with E-state index < -0.39 is 0 Å². The van der Waals surface area contributed by atoms with Gasteiger partial charge in [-0.2, -0.15) is 0 Å². The fourth-order valence-electron chi connectivity index (χ4n) is 1.45. The highest BCUT2D eigenvalue weighted by molar-refractivity contribution is 5.76. The second-order valence-corrected chi connectivity index (χ2v) is 2.95. The van der Waals surface area contributed by atoms with Crippen molar-refractivity contribution in [2.45, 2.75) is 45.1 Å². The maximum absolute atomic E-state index is 10.8. The van der Waals surface area contributed by atoms with Gasteiger partial charge < -0.3 is 5.32 Å². The molecular formula is C8H15NO. The zero-order valence-electron chi connectivity index (χ0n) is 6.52. The number of nitrogens with one attached hydrogen (secondary N) is 1. The fourth-order valence-corrected chi connectivity index (χ4v) is 1.45. The van der Waals surface area contributed by atoms with Crippen LogP contribution in [-0.4, -0.2) is 11.9 Å². The van der Waals surface area contributed by atoms with Gasteiger partial charge in [0.1, 0.15) is 0 Å².